The van der Waals surface area contributed by atoms with Crippen molar-refractivity contribution in [2.75, 3.05) is 6.54 Å². The smallest absolute Gasteiger partial charge is 0.125 e. The molecule has 1 aromatic carbocycles. The van der Waals surface area contributed by atoms with Crippen LogP contribution in [0.5, 0.6) is 0 Å². The van der Waals surface area contributed by atoms with Gasteiger partial charge in [0.1, 0.15) is 5.82 Å². The first kappa shape index (κ1) is 12.3. The van der Waals surface area contributed by atoms with E-state index in [-0.39, 0.29) is 5.82 Å². The largest absolute Gasteiger partial charge is 0.311 e. The summed E-state index contributed by atoms with van der Waals surface area (Å²) in [5, 5.41) is 7.57. The maximum absolute atomic E-state index is 13.2. The number of hydrogen-bond acceptors (Lipinski definition) is 2. The zero-order chi connectivity index (χ0) is 12.3. The van der Waals surface area contributed by atoms with Gasteiger partial charge in [-0.05, 0) is 40.7 Å². The van der Waals surface area contributed by atoms with E-state index in [9.17, 15) is 4.39 Å². The molecule has 0 amide bonds. The van der Waals surface area contributed by atoms with Gasteiger partial charge in [-0.3, -0.25) is 0 Å². The number of rotatable bonds is 4. The van der Waals surface area contributed by atoms with Gasteiger partial charge in [-0.25, -0.2) is 9.07 Å². The normalized spacial score (nSPS) is 10.8. The van der Waals surface area contributed by atoms with Gasteiger partial charge in [0.25, 0.3) is 0 Å². The van der Waals surface area contributed by atoms with Gasteiger partial charge in [-0.1, -0.05) is 6.92 Å². The van der Waals surface area contributed by atoms with Crippen molar-refractivity contribution in [3.05, 3.63) is 46.4 Å². The number of benzene rings is 1. The lowest BCUT2D eigenvalue weighted by atomic mass is 10.3. The van der Waals surface area contributed by atoms with Crippen LogP contribution in [0.2, 0.25) is 0 Å². The first-order chi connectivity index (χ1) is 8.20. The van der Waals surface area contributed by atoms with E-state index in [1.54, 1.807) is 10.7 Å². The average molecular weight is 298 g/mol. The first-order valence-corrected chi connectivity index (χ1v) is 6.20. The topological polar surface area (TPSA) is 29.9 Å². The highest BCUT2D eigenvalue weighted by Crippen LogP contribution is 2.21. The Morgan fingerprint density at radius 2 is 2.24 bits per heavy atom. The molecule has 3 nitrogen and oxygen atoms in total. The van der Waals surface area contributed by atoms with E-state index in [1.165, 1.54) is 12.1 Å². The third-order valence-corrected chi connectivity index (χ3v) is 3.03. The van der Waals surface area contributed by atoms with Crippen molar-refractivity contribution in [1.29, 1.82) is 0 Å². The Balaban J connectivity index is 2.27. The summed E-state index contributed by atoms with van der Waals surface area (Å²) in [7, 11) is 0. The maximum Gasteiger partial charge on any atom is 0.125 e. The monoisotopic (exact) mass is 297 g/mol. The first-order valence-electron chi connectivity index (χ1n) is 5.41. The van der Waals surface area contributed by atoms with Gasteiger partial charge in [0.2, 0.25) is 0 Å². The van der Waals surface area contributed by atoms with Crippen LogP contribution in [-0.2, 0) is 6.54 Å². The Morgan fingerprint density at radius 3 is 3.00 bits per heavy atom. The minimum absolute atomic E-state index is 0.271. The number of halogens is 2. The molecule has 0 saturated heterocycles. The fraction of sp³-hybridized carbons (Fsp3) is 0.250. The predicted octanol–water partition coefficient (Wildman–Crippen LogP) is 2.88. The number of hydrogen-bond donors (Lipinski definition) is 1. The molecule has 17 heavy (non-hydrogen) atoms. The van der Waals surface area contributed by atoms with E-state index >= 15 is 0 Å². The summed E-state index contributed by atoms with van der Waals surface area (Å²) in [5.74, 6) is -0.271. The van der Waals surface area contributed by atoms with Crippen molar-refractivity contribution < 1.29 is 4.39 Å². The van der Waals surface area contributed by atoms with Crippen LogP contribution in [-0.4, -0.2) is 16.3 Å². The third-order valence-electron chi connectivity index (χ3n) is 2.36. The molecule has 0 aliphatic heterocycles. The third kappa shape index (κ3) is 2.92. The van der Waals surface area contributed by atoms with Crippen LogP contribution in [0.4, 0.5) is 4.39 Å². The Hall–Kier alpha value is -1.20. The molecule has 1 aromatic heterocycles. The van der Waals surface area contributed by atoms with Gasteiger partial charge < -0.3 is 5.32 Å². The van der Waals surface area contributed by atoms with Crippen LogP contribution in [0.3, 0.4) is 0 Å². The Kier molecular flexibility index (Phi) is 3.91. The van der Waals surface area contributed by atoms with Crippen LogP contribution in [0, 0.1) is 5.82 Å². The molecule has 0 atom stereocenters. The van der Waals surface area contributed by atoms with Gasteiger partial charge in [0.05, 0.1) is 11.4 Å². The molecule has 0 fully saturated rings. The van der Waals surface area contributed by atoms with E-state index in [4.69, 9.17) is 0 Å². The van der Waals surface area contributed by atoms with Gasteiger partial charge in [0, 0.05) is 23.3 Å². The van der Waals surface area contributed by atoms with Crippen LogP contribution in [0.15, 0.2) is 34.9 Å². The van der Waals surface area contributed by atoms with Crippen molar-refractivity contribution in [2.45, 2.75) is 13.5 Å². The highest BCUT2D eigenvalue weighted by atomic mass is 79.9. The lowest BCUT2D eigenvalue weighted by molar-refractivity contribution is 0.624. The summed E-state index contributed by atoms with van der Waals surface area (Å²) in [6.45, 7) is 3.66. The summed E-state index contributed by atoms with van der Waals surface area (Å²) in [4.78, 5) is 0. The summed E-state index contributed by atoms with van der Waals surface area (Å²) in [6, 6.07) is 6.46. The van der Waals surface area contributed by atoms with E-state index < -0.39 is 0 Å². The summed E-state index contributed by atoms with van der Waals surface area (Å²) in [5.41, 5.74) is 1.63. The molecule has 0 bridgehead atoms. The molecule has 90 valence electrons. The molecule has 2 aromatic rings. The average Bonchev–Trinajstić information content (AvgIpc) is 2.78. The minimum Gasteiger partial charge on any atom is -0.311 e. The second-order valence-electron chi connectivity index (χ2n) is 3.63. The van der Waals surface area contributed by atoms with Crippen LogP contribution < -0.4 is 5.32 Å². The van der Waals surface area contributed by atoms with E-state index in [0.29, 0.717) is 5.69 Å². The lowest BCUT2D eigenvalue weighted by Crippen LogP contribution is -2.12. The number of nitrogens with zero attached hydrogens (tertiary/aromatic N) is 2. The Bertz CT molecular complexity index is 510. The van der Waals surface area contributed by atoms with Crippen LogP contribution in [0.1, 0.15) is 12.6 Å². The molecule has 0 aliphatic rings. The summed E-state index contributed by atoms with van der Waals surface area (Å²) >= 11 is 3.39. The fourth-order valence-corrected chi connectivity index (χ4v) is 1.93. The zero-order valence-electron chi connectivity index (χ0n) is 9.45. The molecule has 1 N–H and O–H groups in total. The minimum atomic E-state index is -0.271. The summed E-state index contributed by atoms with van der Waals surface area (Å²) < 4.78 is 15.7. The standard InChI is InChI=1S/C12H13BrFN3/c1-2-15-8-10-5-6-17(16-10)12-7-9(14)3-4-11(12)13/h3-7,15H,2,8H2,1H3. The second kappa shape index (κ2) is 5.42. The zero-order valence-corrected chi connectivity index (χ0v) is 11.0. The molecule has 2 rings (SSSR count). The molecule has 0 unspecified atom stereocenters. The van der Waals surface area contributed by atoms with Gasteiger partial charge >= 0.3 is 0 Å². The molecule has 1 heterocycles. The van der Waals surface area contributed by atoms with Crippen molar-refractivity contribution in [1.82, 2.24) is 15.1 Å². The molecular formula is C12H13BrFN3. The second-order valence-corrected chi connectivity index (χ2v) is 4.48. The lowest BCUT2D eigenvalue weighted by Gasteiger charge is -2.04. The van der Waals surface area contributed by atoms with Gasteiger partial charge in [0.15, 0.2) is 0 Å². The molecule has 5 heteroatoms. The van der Waals surface area contributed by atoms with Gasteiger partial charge in [-0.2, -0.15) is 5.10 Å². The van der Waals surface area contributed by atoms with E-state index in [1.807, 2.05) is 19.2 Å². The highest BCUT2D eigenvalue weighted by molar-refractivity contribution is 9.10. The van der Waals surface area contributed by atoms with Gasteiger partial charge in [-0.15, -0.1) is 0 Å². The fourth-order valence-electron chi connectivity index (χ4n) is 1.50. The van der Waals surface area contributed by atoms with Crippen LogP contribution >= 0.6 is 15.9 Å². The van der Waals surface area contributed by atoms with Crippen molar-refractivity contribution in [3.63, 3.8) is 0 Å². The highest BCUT2D eigenvalue weighted by Gasteiger charge is 2.06. The quantitative estimate of drug-likeness (QED) is 0.940. The molecule has 0 saturated carbocycles. The number of aromatic nitrogens is 2. The predicted molar refractivity (Wildman–Crippen MR) is 68.6 cm³/mol. The Labute approximate surface area is 108 Å². The molecule has 0 aliphatic carbocycles. The molecule has 0 spiro atoms. The molecule has 0 radical (unpaired) electrons. The maximum atomic E-state index is 13.2. The Morgan fingerprint density at radius 1 is 1.41 bits per heavy atom. The van der Waals surface area contributed by atoms with E-state index in [0.717, 1.165) is 23.3 Å². The molecular weight excluding hydrogens is 285 g/mol. The van der Waals surface area contributed by atoms with Crippen LogP contribution in [0.25, 0.3) is 5.69 Å². The SMILES string of the molecule is CCNCc1ccn(-c2cc(F)ccc2Br)n1. The number of nitrogens with one attached hydrogen (secondary N) is 1. The summed E-state index contributed by atoms with van der Waals surface area (Å²) in [6.07, 6.45) is 1.83. The van der Waals surface area contributed by atoms with Crippen molar-refractivity contribution in [3.8, 4) is 5.69 Å². The van der Waals surface area contributed by atoms with Crippen molar-refractivity contribution in [2.24, 2.45) is 0 Å². The van der Waals surface area contributed by atoms with Crippen molar-refractivity contribution >= 4 is 15.9 Å². The van der Waals surface area contributed by atoms with E-state index in [2.05, 4.69) is 26.3 Å².